The summed E-state index contributed by atoms with van der Waals surface area (Å²) in [4.78, 5) is 15.7. The number of benzene rings is 2. The normalized spacial score (nSPS) is 31.7. The second-order valence-electron chi connectivity index (χ2n) is 12.7. The minimum Gasteiger partial charge on any atom is -0.504 e. The first-order chi connectivity index (χ1) is 17.9. The van der Waals surface area contributed by atoms with Crippen molar-refractivity contribution in [2.75, 3.05) is 13.6 Å². The number of carbonyl (C=O) groups excluding carboxylic acids is 1. The van der Waals surface area contributed by atoms with Gasteiger partial charge in [-0.2, -0.15) is 0 Å². The lowest BCUT2D eigenvalue weighted by molar-refractivity contribution is -0.185. The van der Waals surface area contributed by atoms with Crippen molar-refractivity contribution in [3.63, 3.8) is 0 Å². The van der Waals surface area contributed by atoms with Gasteiger partial charge in [0.1, 0.15) is 11.6 Å². The van der Waals surface area contributed by atoms with E-state index in [9.17, 15) is 20.1 Å². The van der Waals surface area contributed by atoms with Crippen molar-refractivity contribution in [2.45, 2.75) is 94.5 Å². The van der Waals surface area contributed by atoms with E-state index in [0.717, 1.165) is 17.7 Å². The molecule has 3 aliphatic rings. The van der Waals surface area contributed by atoms with Gasteiger partial charge in [-0.1, -0.05) is 43.3 Å². The topological polar surface area (TPSA) is 102 Å². The molecule has 1 saturated carbocycles. The number of piperidine rings is 1. The number of ether oxygens (including phenoxy) is 1. The fraction of sp³-hybridized carbons (Fsp3) is 0.581. The van der Waals surface area contributed by atoms with E-state index in [2.05, 4.69) is 24.2 Å². The predicted octanol–water partition coefficient (Wildman–Crippen LogP) is 3.67. The molecule has 5 rings (SSSR count). The predicted molar refractivity (Wildman–Crippen MR) is 146 cm³/mol. The molecule has 206 valence electrons. The number of hydrogen-bond donors (Lipinski definition) is 4. The number of nitrogens with zero attached hydrogens (tertiary/aromatic N) is 1. The maximum absolute atomic E-state index is 13.4. The number of fused-ring (bicyclic) bond motifs is 1. The van der Waals surface area contributed by atoms with Gasteiger partial charge in [-0.05, 0) is 89.6 Å². The minimum absolute atomic E-state index is 0.0814. The van der Waals surface area contributed by atoms with Crippen molar-refractivity contribution < 1.29 is 24.9 Å². The van der Waals surface area contributed by atoms with E-state index in [1.807, 2.05) is 57.2 Å². The number of carbonyl (C=O) groups is 1. The molecule has 2 fully saturated rings. The van der Waals surface area contributed by atoms with Crippen LogP contribution < -0.4 is 5.32 Å². The first kappa shape index (κ1) is 27.0. The van der Waals surface area contributed by atoms with Crippen molar-refractivity contribution in [1.82, 2.24) is 10.2 Å². The highest BCUT2D eigenvalue weighted by Gasteiger charge is 2.68. The molecule has 2 bridgehead atoms. The number of nitrogens with one attached hydrogen (secondary N) is 1. The van der Waals surface area contributed by atoms with E-state index in [1.54, 1.807) is 6.07 Å². The first-order valence-electron chi connectivity index (χ1n) is 13.9. The highest BCUT2D eigenvalue weighted by molar-refractivity contribution is 5.76. The number of likely N-dealkylation sites (N-methyl/N-ethyl adjacent to an activating group) is 1. The van der Waals surface area contributed by atoms with Gasteiger partial charge in [0.05, 0.1) is 5.60 Å². The molecule has 2 aromatic carbocycles. The van der Waals surface area contributed by atoms with Gasteiger partial charge >= 0.3 is 5.97 Å². The number of hydrogen-bond acceptors (Lipinski definition) is 7. The smallest absolute Gasteiger partial charge is 0.324 e. The Morgan fingerprint density at radius 3 is 2.55 bits per heavy atom. The Kier molecular flexibility index (Phi) is 6.77. The van der Waals surface area contributed by atoms with Crippen LogP contribution in [0.3, 0.4) is 0 Å². The molecule has 7 heteroatoms. The fourth-order valence-corrected chi connectivity index (χ4v) is 7.68. The Morgan fingerprint density at radius 1 is 1.16 bits per heavy atom. The van der Waals surface area contributed by atoms with Gasteiger partial charge in [-0.25, -0.2) is 0 Å². The van der Waals surface area contributed by atoms with Crippen LogP contribution in [0.5, 0.6) is 11.5 Å². The molecule has 0 amide bonds. The van der Waals surface area contributed by atoms with Gasteiger partial charge in [0.15, 0.2) is 11.5 Å². The summed E-state index contributed by atoms with van der Waals surface area (Å²) in [6, 6.07) is 12.6. The lowest BCUT2D eigenvalue weighted by Crippen LogP contribution is -2.76. The third-order valence-electron chi connectivity index (χ3n) is 9.42. The molecule has 0 aromatic heterocycles. The molecule has 1 heterocycles. The molecule has 4 N–H and O–H groups in total. The minimum atomic E-state index is -1.06. The largest absolute Gasteiger partial charge is 0.504 e. The number of likely N-dealkylation sites (tertiary alicyclic amines) is 1. The van der Waals surface area contributed by atoms with Crippen molar-refractivity contribution >= 4 is 5.97 Å². The maximum Gasteiger partial charge on any atom is 0.324 e. The molecule has 2 aromatic rings. The zero-order valence-electron chi connectivity index (χ0n) is 23.2. The molecular weight excluding hydrogens is 480 g/mol. The Balaban J connectivity index is 1.54. The lowest BCUT2D eigenvalue weighted by Gasteiger charge is -2.66. The van der Waals surface area contributed by atoms with Crippen LogP contribution in [0.4, 0.5) is 0 Å². The van der Waals surface area contributed by atoms with E-state index in [4.69, 9.17) is 4.74 Å². The molecule has 0 spiro atoms. The van der Waals surface area contributed by atoms with Gasteiger partial charge in [-0.3, -0.25) is 4.79 Å². The van der Waals surface area contributed by atoms with Gasteiger partial charge in [0.25, 0.3) is 0 Å². The zero-order chi connectivity index (χ0) is 27.5. The summed E-state index contributed by atoms with van der Waals surface area (Å²) in [5.41, 5.74) is 0.261. The molecule has 6 atom stereocenters. The molecule has 2 unspecified atom stereocenters. The van der Waals surface area contributed by atoms with Crippen LogP contribution in [0.25, 0.3) is 0 Å². The van der Waals surface area contributed by atoms with Crippen LogP contribution in [0, 0.1) is 5.92 Å². The quantitative estimate of drug-likeness (QED) is 0.351. The van der Waals surface area contributed by atoms with Crippen LogP contribution in [0.2, 0.25) is 0 Å². The van der Waals surface area contributed by atoms with Crippen molar-refractivity contribution in [1.29, 1.82) is 0 Å². The summed E-state index contributed by atoms with van der Waals surface area (Å²) < 4.78 is 5.83. The van der Waals surface area contributed by atoms with Gasteiger partial charge < -0.3 is 30.3 Å². The van der Waals surface area contributed by atoms with Crippen molar-refractivity contribution in [2.24, 2.45) is 5.92 Å². The summed E-state index contributed by atoms with van der Waals surface area (Å²) in [5.74, 6) is -0.692. The SMILES string of the molecule is C[C@H]1C(N[C@@H](Cc2ccccc2)C(=O)OC(C)(C)C)CC[C@@]2(O)C3Cc4ccc(O)c(O)c4[C@@]12CCN3C. The highest BCUT2D eigenvalue weighted by Crippen LogP contribution is 2.62. The first-order valence-corrected chi connectivity index (χ1v) is 13.9. The summed E-state index contributed by atoms with van der Waals surface area (Å²) in [5, 5.41) is 37.8. The third-order valence-corrected chi connectivity index (χ3v) is 9.42. The number of aliphatic hydroxyl groups is 1. The fourth-order valence-electron chi connectivity index (χ4n) is 7.68. The Hall–Kier alpha value is -2.61. The standard InChI is InChI=1S/C31H42N2O5/c1-19-22(32-23(28(36)38-29(2,3)4)17-20-9-7-6-8-10-20)13-14-31(37)25-18-21-11-12-24(34)27(35)26(21)30(19,31)15-16-33(25)5/h6-12,19,22-23,25,32,34-35,37H,13-18H2,1-5H3/t19-,22?,23-,25?,30+,31+/m0/s1. The van der Waals surface area contributed by atoms with Crippen LogP contribution in [-0.2, 0) is 27.8 Å². The summed E-state index contributed by atoms with van der Waals surface area (Å²) in [6.45, 7) is 8.52. The molecule has 38 heavy (non-hydrogen) atoms. The van der Waals surface area contributed by atoms with Crippen LogP contribution >= 0.6 is 0 Å². The van der Waals surface area contributed by atoms with E-state index < -0.39 is 22.7 Å². The molecular formula is C31H42N2O5. The molecule has 1 saturated heterocycles. The molecule has 1 aliphatic heterocycles. The van der Waals surface area contributed by atoms with E-state index >= 15 is 0 Å². The van der Waals surface area contributed by atoms with E-state index in [1.165, 1.54) is 0 Å². The third kappa shape index (κ3) is 4.29. The lowest BCUT2D eigenvalue weighted by atomic mass is 9.45. The molecule has 7 nitrogen and oxygen atoms in total. The summed E-state index contributed by atoms with van der Waals surface area (Å²) >= 11 is 0. The van der Waals surface area contributed by atoms with Crippen molar-refractivity contribution in [3.05, 3.63) is 59.2 Å². The number of rotatable bonds is 5. The maximum atomic E-state index is 13.4. The van der Waals surface area contributed by atoms with Gasteiger partial charge in [0, 0.05) is 23.1 Å². The summed E-state index contributed by atoms with van der Waals surface area (Å²) in [7, 11) is 2.06. The van der Waals surface area contributed by atoms with Gasteiger partial charge in [0.2, 0.25) is 0 Å². The van der Waals surface area contributed by atoms with E-state index in [0.29, 0.717) is 37.7 Å². The van der Waals surface area contributed by atoms with Crippen molar-refractivity contribution in [3.8, 4) is 11.5 Å². The number of esters is 1. The number of aromatic hydroxyl groups is 2. The Labute approximate surface area is 225 Å². The highest BCUT2D eigenvalue weighted by atomic mass is 16.6. The van der Waals surface area contributed by atoms with Gasteiger partial charge in [-0.15, -0.1) is 0 Å². The molecule has 0 radical (unpaired) electrons. The second kappa shape index (κ2) is 9.54. The second-order valence-corrected chi connectivity index (χ2v) is 12.7. The Morgan fingerprint density at radius 2 is 1.87 bits per heavy atom. The summed E-state index contributed by atoms with van der Waals surface area (Å²) in [6.07, 6.45) is 2.98. The zero-order valence-corrected chi connectivity index (χ0v) is 23.2. The van der Waals surface area contributed by atoms with Crippen LogP contribution in [0.1, 0.15) is 63.6 Å². The monoisotopic (exact) mass is 522 g/mol. The Bertz CT molecular complexity index is 1190. The number of phenolic OH excluding ortho intramolecular Hbond substituents is 2. The average Bonchev–Trinajstić information content (AvgIpc) is 2.85. The average molecular weight is 523 g/mol. The van der Waals surface area contributed by atoms with E-state index in [-0.39, 0.29) is 35.5 Å². The van der Waals surface area contributed by atoms with Crippen LogP contribution in [-0.4, -0.2) is 69.1 Å². The number of phenols is 2. The van der Waals surface area contributed by atoms with Crippen LogP contribution in [0.15, 0.2) is 42.5 Å². The molecule has 2 aliphatic carbocycles.